The van der Waals surface area contributed by atoms with E-state index in [-0.39, 0.29) is 12.0 Å². The SMILES string of the molecule is c1ccc(N(c2ccccc2)c2cccc3c2C2(c4ccccc4-3)c3cccc(N(c4ccccc4)c4cc5ccccc5c5ccccc45)c3C3c4ccccc4OC32)cc1. The van der Waals surface area contributed by atoms with Crippen molar-refractivity contribution in [2.45, 2.75) is 17.4 Å². The number of nitrogens with zero attached hydrogens (tertiary/aromatic N) is 2. The molecule has 292 valence electrons. The number of ether oxygens (including phenoxy) is 1. The van der Waals surface area contributed by atoms with Crippen molar-refractivity contribution >= 4 is 55.7 Å². The molecular formula is C59H40N2O. The highest BCUT2D eigenvalue weighted by Gasteiger charge is 2.64. The Morgan fingerprint density at radius 1 is 0.387 bits per heavy atom. The van der Waals surface area contributed by atoms with E-state index in [1.54, 1.807) is 0 Å². The van der Waals surface area contributed by atoms with Gasteiger partial charge in [-0.1, -0.05) is 170 Å². The molecule has 0 bridgehead atoms. The average molecular weight is 793 g/mol. The molecule has 10 aromatic carbocycles. The summed E-state index contributed by atoms with van der Waals surface area (Å²) in [4.78, 5) is 4.97. The largest absolute Gasteiger partial charge is 0.487 e. The van der Waals surface area contributed by atoms with Gasteiger partial charge in [0.2, 0.25) is 0 Å². The fourth-order valence-corrected chi connectivity index (χ4v) is 11.4. The normalized spacial score (nSPS) is 17.5. The van der Waals surface area contributed by atoms with Crippen LogP contribution in [0.1, 0.15) is 33.7 Å². The van der Waals surface area contributed by atoms with Crippen LogP contribution in [0.5, 0.6) is 5.75 Å². The highest BCUT2D eigenvalue weighted by molar-refractivity contribution is 6.15. The van der Waals surface area contributed by atoms with Crippen molar-refractivity contribution in [1.29, 1.82) is 0 Å². The number of para-hydroxylation sites is 4. The molecule has 3 unspecified atom stereocenters. The number of benzene rings is 10. The molecule has 0 aromatic heterocycles. The predicted octanol–water partition coefficient (Wildman–Crippen LogP) is 15.2. The Bertz CT molecular complexity index is 3320. The second kappa shape index (κ2) is 13.6. The molecular weight excluding hydrogens is 753 g/mol. The number of fused-ring (bicyclic) bond motifs is 15. The van der Waals surface area contributed by atoms with Crippen LogP contribution >= 0.6 is 0 Å². The fourth-order valence-electron chi connectivity index (χ4n) is 11.4. The van der Waals surface area contributed by atoms with Gasteiger partial charge in [-0.25, -0.2) is 0 Å². The maximum absolute atomic E-state index is 7.55. The second-order valence-electron chi connectivity index (χ2n) is 16.7. The first-order valence-corrected chi connectivity index (χ1v) is 21.6. The number of rotatable bonds is 6. The third-order valence-corrected chi connectivity index (χ3v) is 13.6. The van der Waals surface area contributed by atoms with Gasteiger partial charge in [-0.15, -0.1) is 0 Å². The molecule has 3 aliphatic rings. The van der Waals surface area contributed by atoms with E-state index in [0.29, 0.717) is 0 Å². The smallest absolute Gasteiger partial charge is 0.128 e. The van der Waals surface area contributed by atoms with Gasteiger partial charge in [0.15, 0.2) is 0 Å². The lowest BCUT2D eigenvalue weighted by Crippen LogP contribution is -2.41. The van der Waals surface area contributed by atoms with Crippen LogP contribution in [0.2, 0.25) is 0 Å². The molecule has 0 saturated heterocycles. The Kier molecular flexibility index (Phi) is 7.65. The number of anilines is 6. The molecule has 1 heterocycles. The third kappa shape index (κ3) is 4.82. The first-order valence-electron chi connectivity index (χ1n) is 21.6. The first kappa shape index (κ1) is 34.9. The van der Waals surface area contributed by atoms with E-state index in [1.807, 2.05) is 0 Å². The molecule has 13 rings (SSSR count). The molecule has 10 aromatic rings. The minimum Gasteiger partial charge on any atom is -0.487 e. The molecule has 1 spiro atoms. The van der Waals surface area contributed by atoms with Gasteiger partial charge in [0.25, 0.3) is 0 Å². The Labute approximate surface area is 361 Å². The van der Waals surface area contributed by atoms with E-state index in [2.05, 4.69) is 240 Å². The summed E-state index contributed by atoms with van der Waals surface area (Å²) in [5.41, 5.74) is 15.0. The summed E-state index contributed by atoms with van der Waals surface area (Å²) >= 11 is 0. The zero-order chi connectivity index (χ0) is 40.8. The van der Waals surface area contributed by atoms with Crippen molar-refractivity contribution in [3.63, 3.8) is 0 Å². The number of hydrogen-bond acceptors (Lipinski definition) is 3. The van der Waals surface area contributed by atoms with Gasteiger partial charge in [-0.2, -0.15) is 0 Å². The van der Waals surface area contributed by atoms with Crippen molar-refractivity contribution in [2.24, 2.45) is 0 Å². The van der Waals surface area contributed by atoms with Crippen LogP contribution in [0, 0.1) is 0 Å². The quantitative estimate of drug-likeness (QED) is 0.156. The predicted molar refractivity (Wildman–Crippen MR) is 255 cm³/mol. The Hall–Kier alpha value is -7.88. The van der Waals surface area contributed by atoms with Crippen LogP contribution in [-0.2, 0) is 5.41 Å². The third-order valence-electron chi connectivity index (χ3n) is 13.6. The van der Waals surface area contributed by atoms with Crippen molar-refractivity contribution in [2.75, 3.05) is 9.80 Å². The summed E-state index contributed by atoms with van der Waals surface area (Å²) < 4.78 is 7.55. The fraction of sp³-hybridized carbons (Fsp3) is 0.0508. The summed E-state index contributed by atoms with van der Waals surface area (Å²) in [5, 5.41) is 4.91. The van der Waals surface area contributed by atoms with E-state index in [1.165, 1.54) is 60.5 Å². The van der Waals surface area contributed by atoms with Gasteiger partial charge in [-0.3, -0.25) is 0 Å². The molecule has 2 aliphatic carbocycles. The van der Waals surface area contributed by atoms with Gasteiger partial charge >= 0.3 is 0 Å². The summed E-state index contributed by atoms with van der Waals surface area (Å²) in [7, 11) is 0. The lowest BCUT2D eigenvalue weighted by atomic mass is 9.70. The molecule has 62 heavy (non-hydrogen) atoms. The van der Waals surface area contributed by atoms with E-state index in [0.717, 1.165) is 39.9 Å². The summed E-state index contributed by atoms with van der Waals surface area (Å²) in [5.74, 6) is 0.889. The number of hydrogen-bond donors (Lipinski definition) is 0. The molecule has 0 N–H and O–H groups in total. The van der Waals surface area contributed by atoms with Gasteiger partial charge in [-0.05, 0) is 105 Å². The zero-order valence-corrected chi connectivity index (χ0v) is 33.9. The molecule has 1 aliphatic heterocycles. The summed E-state index contributed by atoms with van der Waals surface area (Å²) in [6, 6.07) is 84.4. The van der Waals surface area contributed by atoms with Crippen LogP contribution < -0.4 is 14.5 Å². The Balaban J connectivity index is 1.16. The van der Waals surface area contributed by atoms with Crippen LogP contribution in [-0.4, -0.2) is 6.10 Å². The topological polar surface area (TPSA) is 15.7 Å². The Morgan fingerprint density at radius 3 is 1.69 bits per heavy atom. The molecule has 3 atom stereocenters. The van der Waals surface area contributed by atoms with E-state index in [9.17, 15) is 0 Å². The first-order chi connectivity index (χ1) is 30.8. The minimum absolute atomic E-state index is 0.0655. The molecule has 3 nitrogen and oxygen atoms in total. The van der Waals surface area contributed by atoms with Gasteiger partial charge in [0.1, 0.15) is 11.9 Å². The van der Waals surface area contributed by atoms with E-state index >= 15 is 0 Å². The lowest BCUT2D eigenvalue weighted by Gasteiger charge is -2.38. The van der Waals surface area contributed by atoms with Crippen molar-refractivity contribution in [3.05, 3.63) is 258 Å². The summed E-state index contributed by atoms with van der Waals surface area (Å²) in [6.07, 6.45) is -0.265. The van der Waals surface area contributed by atoms with Crippen LogP contribution in [0.25, 0.3) is 32.7 Å². The van der Waals surface area contributed by atoms with Crippen LogP contribution in [0.15, 0.2) is 231 Å². The maximum Gasteiger partial charge on any atom is 0.128 e. The second-order valence-corrected chi connectivity index (χ2v) is 16.7. The highest BCUT2D eigenvalue weighted by Crippen LogP contribution is 2.69. The van der Waals surface area contributed by atoms with Gasteiger partial charge < -0.3 is 14.5 Å². The molecule has 0 fully saturated rings. The van der Waals surface area contributed by atoms with E-state index < -0.39 is 5.41 Å². The highest BCUT2D eigenvalue weighted by atomic mass is 16.5. The Morgan fingerprint density at radius 2 is 0.935 bits per heavy atom. The molecule has 0 radical (unpaired) electrons. The molecule has 0 saturated carbocycles. The van der Waals surface area contributed by atoms with Crippen molar-refractivity contribution in [3.8, 4) is 16.9 Å². The summed E-state index contributed by atoms with van der Waals surface area (Å²) in [6.45, 7) is 0. The zero-order valence-electron chi connectivity index (χ0n) is 33.9. The standard InChI is InChI=1S/C59H40N2O/c1-4-21-40(22-5-1)60(41-23-6-2-7-24-41)52-36-18-32-47-45-29-14-16-33-49(45)59(57(47)52)50-34-19-35-51(56(50)55-48-31-15-17-37-54(48)62-58(55)59)61(42-25-8-3-9-26-42)53-38-39-20-10-11-27-43(39)44-28-12-13-30-46(44)53/h1-38,55,58H. The van der Waals surface area contributed by atoms with E-state index in [4.69, 9.17) is 4.74 Å². The van der Waals surface area contributed by atoms with Crippen molar-refractivity contribution < 1.29 is 4.74 Å². The van der Waals surface area contributed by atoms with Crippen molar-refractivity contribution in [1.82, 2.24) is 0 Å². The lowest BCUT2D eigenvalue weighted by molar-refractivity contribution is 0.178. The molecule has 3 heteroatoms. The maximum atomic E-state index is 7.55. The average Bonchev–Trinajstić information content (AvgIpc) is 3.97. The molecule has 0 amide bonds. The monoisotopic (exact) mass is 792 g/mol. The minimum atomic E-state index is -0.673. The van der Waals surface area contributed by atoms with Gasteiger partial charge in [0, 0.05) is 33.6 Å². The van der Waals surface area contributed by atoms with Crippen LogP contribution in [0.3, 0.4) is 0 Å². The van der Waals surface area contributed by atoms with Crippen LogP contribution in [0.4, 0.5) is 34.1 Å². The van der Waals surface area contributed by atoms with Gasteiger partial charge in [0.05, 0.1) is 28.4 Å².